The Bertz CT molecular complexity index is 752. The van der Waals surface area contributed by atoms with Crippen LogP contribution in [0.2, 0.25) is 0 Å². The van der Waals surface area contributed by atoms with E-state index in [1.807, 2.05) is 0 Å². The summed E-state index contributed by atoms with van der Waals surface area (Å²) in [6.45, 7) is 1.13. The van der Waals surface area contributed by atoms with E-state index in [1.54, 1.807) is 0 Å². The van der Waals surface area contributed by atoms with Crippen LogP contribution in [0.5, 0.6) is 0 Å². The quantitative estimate of drug-likeness (QED) is 0.659. The first-order valence-electron chi connectivity index (χ1n) is 8.33. The minimum absolute atomic E-state index is 0. The number of amides is 1. The second-order valence-electron chi connectivity index (χ2n) is 6.51. The van der Waals surface area contributed by atoms with Crippen molar-refractivity contribution >= 4 is 34.0 Å². The zero-order chi connectivity index (χ0) is 18.0. The summed E-state index contributed by atoms with van der Waals surface area (Å²) in [5.74, 6) is -1.27. The minimum atomic E-state index is -3.95. The fraction of sp³-hybridized carbons (Fsp3) is 0.562. The number of nitrogens with one attached hydrogen (secondary N) is 2. The standard InChI is InChI=1S/C16H22FN3O4S.ClH/c17-13-4-3-12(9-14(13)25(22,23)20-11-1-2-11)19-16(21)15(18)10-5-7-24-8-6-10;/h3-4,9-11,15,20H,1-2,5-8,18H2,(H,19,21);1H. The van der Waals surface area contributed by atoms with Crippen LogP contribution < -0.4 is 15.8 Å². The van der Waals surface area contributed by atoms with Crippen LogP contribution in [-0.2, 0) is 19.6 Å². The summed E-state index contributed by atoms with van der Waals surface area (Å²) in [6.07, 6.45) is 2.89. The molecule has 146 valence electrons. The van der Waals surface area contributed by atoms with Crippen LogP contribution in [0.15, 0.2) is 23.1 Å². The van der Waals surface area contributed by atoms with E-state index in [-0.39, 0.29) is 30.1 Å². The van der Waals surface area contributed by atoms with Crippen LogP contribution in [-0.4, -0.2) is 39.6 Å². The van der Waals surface area contributed by atoms with Crippen molar-refractivity contribution in [1.29, 1.82) is 0 Å². The molecule has 1 atom stereocenters. The van der Waals surface area contributed by atoms with Crippen molar-refractivity contribution in [3.63, 3.8) is 0 Å². The fourth-order valence-electron chi connectivity index (χ4n) is 2.79. The van der Waals surface area contributed by atoms with E-state index in [1.165, 1.54) is 6.07 Å². The van der Waals surface area contributed by atoms with Gasteiger partial charge in [-0.3, -0.25) is 4.79 Å². The Hall–Kier alpha value is -1.26. The van der Waals surface area contributed by atoms with Crippen LogP contribution in [0.4, 0.5) is 10.1 Å². The summed E-state index contributed by atoms with van der Waals surface area (Å²) in [6, 6.07) is 2.61. The maximum atomic E-state index is 14.0. The van der Waals surface area contributed by atoms with Crippen LogP contribution in [0, 0.1) is 11.7 Å². The van der Waals surface area contributed by atoms with Gasteiger partial charge in [0.1, 0.15) is 10.7 Å². The number of hydrogen-bond acceptors (Lipinski definition) is 5. The number of hydrogen-bond donors (Lipinski definition) is 3. The summed E-state index contributed by atoms with van der Waals surface area (Å²) in [7, 11) is -3.95. The van der Waals surface area contributed by atoms with Crippen molar-refractivity contribution in [2.24, 2.45) is 11.7 Å². The Morgan fingerprint density at radius 1 is 1.23 bits per heavy atom. The Morgan fingerprint density at radius 2 is 1.88 bits per heavy atom. The Balaban J connectivity index is 0.00000243. The Morgan fingerprint density at radius 3 is 2.50 bits per heavy atom. The minimum Gasteiger partial charge on any atom is -0.381 e. The van der Waals surface area contributed by atoms with E-state index in [0.717, 1.165) is 25.0 Å². The van der Waals surface area contributed by atoms with Gasteiger partial charge in [0, 0.05) is 24.9 Å². The lowest BCUT2D eigenvalue weighted by atomic mass is 9.92. The molecule has 2 fully saturated rings. The first-order valence-corrected chi connectivity index (χ1v) is 9.81. The number of anilines is 1. The molecule has 1 saturated heterocycles. The predicted molar refractivity (Wildman–Crippen MR) is 97.1 cm³/mol. The second kappa shape index (κ2) is 8.62. The van der Waals surface area contributed by atoms with Crippen molar-refractivity contribution in [2.45, 2.75) is 42.7 Å². The fourth-order valence-corrected chi connectivity index (χ4v) is 4.19. The lowest BCUT2D eigenvalue weighted by molar-refractivity contribution is -0.119. The van der Waals surface area contributed by atoms with Crippen molar-refractivity contribution in [3.8, 4) is 0 Å². The maximum Gasteiger partial charge on any atom is 0.243 e. The van der Waals surface area contributed by atoms with Gasteiger partial charge in [-0.25, -0.2) is 17.5 Å². The number of carbonyl (C=O) groups excluding carboxylic acids is 1. The SMILES string of the molecule is Cl.NC(C(=O)Nc1ccc(F)c(S(=O)(=O)NC2CC2)c1)C1CCOCC1. The maximum absolute atomic E-state index is 14.0. The topological polar surface area (TPSA) is 111 Å². The molecule has 10 heteroatoms. The molecule has 1 aliphatic heterocycles. The molecular formula is C16H23ClFN3O4S. The Kier molecular flexibility index (Phi) is 6.98. The third kappa shape index (κ3) is 5.14. The van der Waals surface area contributed by atoms with Gasteiger partial charge in [-0.15, -0.1) is 12.4 Å². The number of sulfonamides is 1. The van der Waals surface area contributed by atoms with Gasteiger partial charge in [-0.05, 0) is 49.8 Å². The molecule has 0 bridgehead atoms. The molecule has 1 aromatic rings. The number of rotatable bonds is 6. The molecule has 1 aromatic carbocycles. The zero-order valence-corrected chi connectivity index (χ0v) is 15.7. The molecule has 1 aliphatic carbocycles. The molecule has 1 heterocycles. The van der Waals surface area contributed by atoms with Crippen molar-refractivity contribution in [2.75, 3.05) is 18.5 Å². The van der Waals surface area contributed by atoms with E-state index in [4.69, 9.17) is 10.5 Å². The molecule has 0 radical (unpaired) electrons. The van der Waals surface area contributed by atoms with Gasteiger partial charge in [-0.2, -0.15) is 0 Å². The number of carbonyl (C=O) groups is 1. The highest BCUT2D eigenvalue weighted by Gasteiger charge is 2.30. The molecule has 1 amide bonds. The van der Waals surface area contributed by atoms with Gasteiger partial charge in [0.15, 0.2) is 0 Å². The zero-order valence-electron chi connectivity index (χ0n) is 14.1. The van der Waals surface area contributed by atoms with Crippen LogP contribution >= 0.6 is 12.4 Å². The number of ether oxygens (including phenoxy) is 1. The number of halogens is 2. The first kappa shape index (κ1) is 21.0. The van der Waals surface area contributed by atoms with Crippen molar-refractivity contribution in [1.82, 2.24) is 4.72 Å². The van der Waals surface area contributed by atoms with E-state index in [9.17, 15) is 17.6 Å². The van der Waals surface area contributed by atoms with Gasteiger partial charge < -0.3 is 15.8 Å². The smallest absolute Gasteiger partial charge is 0.243 e. The lowest BCUT2D eigenvalue weighted by Gasteiger charge is -2.26. The lowest BCUT2D eigenvalue weighted by Crippen LogP contribution is -2.44. The largest absolute Gasteiger partial charge is 0.381 e. The van der Waals surface area contributed by atoms with Gasteiger partial charge in [0.05, 0.1) is 6.04 Å². The summed E-state index contributed by atoms with van der Waals surface area (Å²) in [5.41, 5.74) is 6.19. The second-order valence-corrected chi connectivity index (χ2v) is 8.19. The van der Waals surface area contributed by atoms with Gasteiger partial charge in [0.2, 0.25) is 15.9 Å². The summed E-state index contributed by atoms with van der Waals surface area (Å²) >= 11 is 0. The van der Waals surface area contributed by atoms with E-state index in [0.29, 0.717) is 26.1 Å². The molecule has 3 rings (SSSR count). The van der Waals surface area contributed by atoms with Crippen molar-refractivity contribution < 1.29 is 22.3 Å². The highest BCUT2D eigenvalue weighted by Crippen LogP contribution is 2.25. The molecule has 4 N–H and O–H groups in total. The Labute approximate surface area is 158 Å². The van der Waals surface area contributed by atoms with Crippen molar-refractivity contribution in [3.05, 3.63) is 24.0 Å². The molecule has 7 nitrogen and oxygen atoms in total. The summed E-state index contributed by atoms with van der Waals surface area (Å²) in [5, 5.41) is 2.58. The monoisotopic (exact) mass is 407 g/mol. The molecule has 1 unspecified atom stereocenters. The molecule has 26 heavy (non-hydrogen) atoms. The number of nitrogens with two attached hydrogens (primary N) is 1. The number of benzene rings is 1. The highest BCUT2D eigenvalue weighted by atomic mass is 35.5. The van der Waals surface area contributed by atoms with Gasteiger partial charge in [0.25, 0.3) is 0 Å². The van der Waals surface area contributed by atoms with Crippen LogP contribution in [0.25, 0.3) is 0 Å². The average Bonchev–Trinajstić information content (AvgIpc) is 3.39. The van der Waals surface area contributed by atoms with E-state index < -0.39 is 32.7 Å². The molecule has 2 aliphatic rings. The molecular weight excluding hydrogens is 385 g/mol. The van der Waals surface area contributed by atoms with Gasteiger partial charge in [-0.1, -0.05) is 0 Å². The third-order valence-corrected chi connectivity index (χ3v) is 6.00. The van der Waals surface area contributed by atoms with Crippen LogP contribution in [0.3, 0.4) is 0 Å². The third-order valence-electron chi connectivity index (χ3n) is 4.46. The normalized spacial score (nSPS) is 19.5. The van der Waals surface area contributed by atoms with Crippen LogP contribution in [0.1, 0.15) is 25.7 Å². The predicted octanol–water partition coefficient (Wildman–Crippen LogP) is 1.38. The molecule has 0 spiro atoms. The highest BCUT2D eigenvalue weighted by molar-refractivity contribution is 7.89. The summed E-state index contributed by atoms with van der Waals surface area (Å²) in [4.78, 5) is 11.8. The van der Waals surface area contributed by atoms with E-state index in [2.05, 4.69) is 10.0 Å². The van der Waals surface area contributed by atoms with Gasteiger partial charge >= 0.3 is 0 Å². The molecule has 1 saturated carbocycles. The first-order chi connectivity index (χ1) is 11.9. The summed E-state index contributed by atoms with van der Waals surface area (Å²) < 4.78 is 46.1. The molecule has 0 aromatic heterocycles. The van der Waals surface area contributed by atoms with E-state index >= 15 is 0 Å². The average molecular weight is 408 g/mol.